The number of piperidine rings is 1. The molecule has 11 nitrogen and oxygen atoms in total. The largest absolute Gasteiger partial charge is 0.444 e. The van der Waals surface area contributed by atoms with Crippen LogP contribution in [0.5, 0.6) is 0 Å². The zero-order valence-electron chi connectivity index (χ0n) is 23.5. The van der Waals surface area contributed by atoms with Gasteiger partial charge in [-0.05, 0) is 65.9 Å². The zero-order chi connectivity index (χ0) is 28.4. The Balaban J connectivity index is 1.30. The van der Waals surface area contributed by atoms with Gasteiger partial charge in [-0.25, -0.2) is 14.6 Å². The summed E-state index contributed by atoms with van der Waals surface area (Å²) in [5, 5.41) is 6.51. The molecule has 4 rings (SSSR count). The Morgan fingerprint density at radius 1 is 0.897 bits per heavy atom. The molecule has 3 amide bonds. The molecule has 0 radical (unpaired) electrons. The van der Waals surface area contributed by atoms with Crippen LogP contribution in [0.15, 0.2) is 11.6 Å². The first-order valence-corrected chi connectivity index (χ1v) is 14.9. The van der Waals surface area contributed by atoms with Gasteiger partial charge in [-0.2, -0.15) is 4.37 Å². The van der Waals surface area contributed by atoms with Gasteiger partial charge in [0.15, 0.2) is 0 Å². The van der Waals surface area contributed by atoms with Gasteiger partial charge < -0.3 is 29.5 Å². The van der Waals surface area contributed by atoms with E-state index in [2.05, 4.69) is 19.6 Å². The molecule has 214 valence electrons. The van der Waals surface area contributed by atoms with Crippen molar-refractivity contribution >= 4 is 51.7 Å². The predicted molar refractivity (Wildman–Crippen MR) is 152 cm³/mol. The zero-order valence-corrected chi connectivity index (χ0v) is 25.1. The lowest BCUT2D eigenvalue weighted by molar-refractivity contribution is 0.0202. The fourth-order valence-corrected chi connectivity index (χ4v) is 6.10. The van der Waals surface area contributed by atoms with Crippen molar-refractivity contribution in [1.82, 2.24) is 19.2 Å². The summed E-state index contributed by atoms with van der Waals surface area (Å²) in [7, 11) is 0. The van der Waals surface area contributed by atoms with Crippen molar-refractivity contribution < 1.29 is 23.9 Å². The molecule has 0 aromatic carbocycles. The first-order valence-electron chi connectivity index (χ1n) is 13.2. The normalized spacial score (nSPS) is 17.2. The molecule has 2 fully saturated rings. The molecule has 2 aliphatic heterocycles. The molecule has 1 N–H and O–H groups in total. The highest BCUT2D eigenvalue weighted by Crippen LogP contribution is 2.33. The van der Waals surface area contributed by atoms with E-state index in [0.29, 0.717) is 50.6 Å². The van der Waals surface area contributed by atoms with Crippen LogP contribution in [0.2, 0.25) is 0 Å². The molecular formula is C26H38N6O5S2. The third kappa shape index (κ3) is 7.81. The lowest BCUT2D eigenvalue weighted by Gasteiger charge is -2.36. The minimum atomic E-state index is -0.531. The third-order valence-corrected chi connectivity index (χ3v) is 8.14. The van der Waals surface area contributed by atoms with Crippen molar-refractivity contribution in [3.05, 3.63) is 22.3 Å². The number of thiazole rings is 1. The lowest BCUT2D eigenvalue weighted by Crippen LogP contribution is -2.50. The highest BCUT2D eigenvalue weighted by Gasteiger charge is 2.30. The first-order chi connectivity index (χ1) is 18.3. The quantitative estimate of drug-likeness (QED) is 0.537. The van der Waals surface area contributed by atoms with Crippen molar-refractivity contribution in [3.63, 3.8) is 0 Å². The summed E-state index contributed by atoms with van der Waals surface area (Å²) in [6.45, 7) is 14.7. The first kappa shape index (κ1) is 29.1. The van der Waals surface area contributed by atoms with Crippen molar-refractivity contribution in [2.45, 2.75) is 71.5 Å². The van der Waals surface area contributed by atoms with E-state index in [1.165, 1.54) is 22.9 Å². The molecule has 0 spiro atoms. The standard InChI is InChI=1S/C26H38N6O5S2/c1-25(2,3)36-23(34)31-9-7-17(8-10-31)21-29-19(16-38-21)20(33)28-18-15-27-39-22(18)30-11-13-32(14-12-30)24(35)37-26(4,5)6/h15-17H,7-14H2,1-6H3,(H,28,33). The van der Waals surface area contributed by atoms with Crippen LogP contribution in [0.4, 0.5) is 20.3 Å². The summed E-state index contributed by atoms with van der Waals surface area (Å²) in [6, 6.07) is 0. The summed E-state index contributed by atoms with van der Waals surface area (Å²) >= 11 is 2.79. The number of aromatic nitrogens is 2. The molecule has 4 heterocycles. The highest BCUT2D eigenvalue weighted by molar-refractivity contribution is 7.11. The van der Waals surface area contributed by atoms with Gasteiger partial charge >= 0.3 is 12.2 Å². The Hall–Kier alpha value is -2.93. The van der Waals surface area contributed by atoms with Crippen LogP contribution in [0.25, 0.3) is 0 Å². The minimum absolute atomic E-state index is 0.204. The molecule has 39 heavy (non-hydrogen) atoms. The number of anilines is 2. The lowest BCUT2D eigenvalue weighted by atomic mass is 9.98. The number of hydrogen-bond acceptors (Lipinski definition) is 10. The van der Waals surface area contributed by atoms with E-state index in [9.17, 15) is 14.4 Å². The van der Waals surface area contributed by atoms with E-state index in [4.69, 9.17) is 9.47 Å². The monoisotopic (exact) mass is 578 g/mol. The SMILES string of the molecule is CC(C)(C)OC(=O)N1CCC(c2nc(C(=O)Nc3cnsc3N3CCN(C(=O)OC(C)(C)C)CC3)cs2)CC1. The summed E-state index contributed by atoms with van der Waals surface area (Å²) in [5.74, 6) is -0.0765. The van der Waals surface area contributed by atoms with Crippen LogP contribution in [0, 0.1) is 0 Å². The van der Waals surface area contributed by atoms with Crippen LogP contribution in [0.3, 0.4) is 0 Å². The van der Waals surface area contributed by atoms with E-state index in [0.717, 1.165) is 22.9 Å². The Bertz CT molecular complexity index is 1170. The van der Waals surface area contributed by atoms with Crippen LogP contribution >= 0.6 is 22.9 Å². The molecule has 2 aromatic rings. The molecule has 2 aromatic heterocycles. The van der Waals surface area contributed by atoms with Crippen molar-refractivity contribution in [2.24, 2.45) is 0 Å². The van der Waals surface area contributed by atoms with Gasteiger partial charge in [-0.1, -0.05) is 0 Å². The van der Waals surface area contributed by atoms with Gasteiger partial charge in [0.05, 0.1) is 16.9 Å². The Labute approximate surface area is 237 Å². The summed E-state index contributed by atoms with van der Waals surface area (Å²) < 4.78 is 15.2. The van der Waals surface area contributed by atoms with Crippen LogP contribution in [-0.2, 0) is 9.47 Å². The summed E-state index contributed by atoms with van der Waals surface area (Å²) in [5.41, 5.74) is -0.0407. The topological polar surface area (TPSA) is 117 Å². The molecule has 2 aliphatic rings. The maximum atomic E-state index is 13.0. The van der Waals surface area contributed by atoms with Gasteiger partial charge in [0.25, 0.3) is 5.91 Å². The number of amides is 3. The molecule has 0 saturated carbocycles. The number of carbonyl (C=O) groups is 3. The van der Waals surface area contributed by atoms with Crippen LogP contribution in [-0.4, -0.2) is 87.7 Å². The van der Waals surface area contributed by atoms with Crippen molar-refractivity contribution in [2.75, 3.05) is 49.5 Å². The molecule has 0 atom stereocenters. The highest BCUT2D eigenvalue weighted by atomic mass is 32.1. The summed E-state index contributed by atoms with van der Waals surface area (Å²) in [4.78, 5) is 48.0. The number of likely N-dealkylation sites (tertiary alicyclic amines) is 1. The number of hydrogen-bond donors (Lipinski definition) is 1. The Morgan fingerprint density at radius 3 is 2.03 bits per heavy atom. The van der Waals surface area contributed by atoms with Crippen LogP contribution in [0.1, 0.15) is 75.8 Å². The number of ether oxygens (including phenoxy) is 2. The van der Waals surface area contributed by atoms with Crippen molar-refractivity contribution in [3.8, 4) is 0 Å². The molecule has 0 unspecified atom stereocenters. The van der Waals surface area contributed by atoms with E-state index in [1.54, 1.807) is 21.4 Å². The molecule has 0 bridgehead atoms. The predicted octanol–water partition coefficient (Wildman–Crippen LogP) is 5.02. The van der Waals surface area contributed by atoms with Gasteiger partial charge in [0.2, 0.25) is 0 Å². The average molecular weight is 579 g/mol. The molecule has 2 saturated heterocycles. The number of nitrogens with one attached hydrogen (secondary N) is 1. The fourth-order valence-electron chi connectivity index (χ4n) is 4.37. The van der Waals surface area contributed by atoms with E-state index in [-0.39, 0.29) is 24.0 Å². The maximum Gasteiger partial charge on any atom is 0.410 e. The van der Waals surface area contributed by atoms with E-state index >= 15 is 0 Å². The Morgan fingerprint density at radius 2 is 1.46 bits per heavy atom. The van der Waals surface area contributed by atoms with Gasteiger partial charge in [-0.15, -0.1) is 11.3 Å². The number of piperazine rings is 1. The van der Waals surface area contributed by atoms with Crippen molar-refractivity contribution in [1.29, 1.82) is 0 Å². The van der Waals surface area contributed by atoms with Gasteiger partial charge in [0.1, 0.15) is 21.9 Å². The molecule has 13 heteroatoms. The average Bonchev–Trinajstić information content (AvgIpc) is 3.52. The number of nitrogens with zero attached hydrogens (tertiary/aromatic N) is 5. The Kier molecular flexibility index (Phi) is 8.69. The minimum Gasteiger partial charge on any atom is -0.444 e. The third-order valence-electron chi connectivity index (χ3n) is 6.27. The molecule has 0 aliphatic carbocycles. The number of rotatable bonds is 4. The van der Waals surface area contributed by atoms with E-state index < -0.39 is 11.2 Å². The number of carbonyl (C=O) groups excluding carboxylic acids is 3. The van der Waals surface area contributed by atoms with E-state index in [1.807, 2.05) is 41.5 Å². The maximum absolute atomic E-state index is 13.0. The van der Waals surface area contributed by atoms with Gasteiger partial charge in [-0.3, -0.25) is 4.79 Å². The fraction of sp³-hybridized carbons (Fsp3) is 0.654. The van der Waals surface area contributed by atoms with Crippen LogP contribution < -0.4 is 10.2 Å². The second-order valence-electron chi connectivity index (χ2n) is 11.8. The second kappa shape index (κ2) is 11.7. The summed E-state index contributed by atoms with van der Waals surface area (Å²) in [6.07, 6.45) is 2.61. The molecular weight excluding hydrogens is 540 g/mol. The second-order valence-corrected chi connectivity index (χ2v) is 13.4. The smallest absolute Gasteiger partial charge is 0.410 e. The van der Waals surface area contributed by atoms with Gasteiger partial charge in [0, 0.05) is 50.6 Å².